The van der Waals surface area contributed by atoms with Crippen LogP contribution in [-0.4, -0.2) is 63.9 Å². The zero-order valence-electron chi connectivity index (χ0n) is 29.1. The molecule has 0 aliphatic heterocycles. The molecule has 0 radical (unpaired) electrons. The number of rotatable bonds is 32. The molecule has 0 aromatic heterocycles. The molecule has 258 valence electrons. The van der Waals surface area contributed by atoms with E-state index in [9.17, 15) is 29.7 Å². The molecule has 0 aliphatic rings. The van der Waals surface area contributed by atoms with E-state index < -0.39 is 35.7 Å². The molecule has 0 saturated carbocycles. The fourth-order valence-corrected chi connectivity index (χ4v) is 6.45. The van der Waals surface area contributed by atoms with Crippen molar-refractivity contribution in [1.82, 2.24) is 0 Å². The van der Waals surface area contributed by atoms with Crippen LogP contribution < -0.4 is 0 Å². The molecule has 3 N–H and O–H groups in total. The Morgan fingerprint density at radius 2 is 0.773 bits per heavy atom. The molecule has 7 nitrogen and oxygen atoms in total. The summed E-state index contributed by atoms with van der Waals surface area (Å²) in [6.07, 6.45) is 28.5. The first-order valence-electron chi connectivity index (χ1n) is 18.3. The number of quaternary nitrogens is 1. The van der Waals surface area contributed by atoms with Crippen LogP contribution in [0.1, 0.15) is 163 Å². The van der Waals surface area contributed by atoms with Gasteiger partial charge in [-0.25, -0.2) is 0 Å². The molecule has 0 amide bonds. The first-order valence-corrected chi connectivity index (χ1v) is 18.3. The van der Waals surface area contributed by atoms with Gasteiger partial charge in [0, 0.05) is 0 Å². The monoisotopic (exact) mass is 625 g/mol. The Morgan fingerprint density at radius 1 is 0.477 bits per heavy atom. The van der Waals surface area contributed by atoms with E-state index in [1.54, 1.807) is 0 Å². The van der Waals surface area contributed by atoms with E-state index >= 15 is 0 Å². The lowest BCUT2D eigenvalue weighted by Crippen LogP contribution is -2.58. The van der Waals surface area contributed by atoms with Gasteiger partial charge >= 0.3 is 17.9 Å². The van der Waals surface area contributed by atoms with Crippen molar-refractivity contribution >= 4 is 17.9 Å². The minimum atomic E-state index is -0.887. The molecule has 0 saturated heterocycles. The van der Waals surface area contributed by atoms with E-state index in [0.717, 1.165) is 19.3 Å². The maximum atomic E-state index is 12.0. The van der Waals surface area contributed by atoms with Crippen LogP contribution in [-0.2, 0) is 14.4 Å². The van der Waals surface area contributed by atoms with Crippen molar-refractivity contribution in [3.63, 3.8) is 0 Å². The van der Waals surface area contributed by atoms with Crippen molar-refractivity contribution in [1.29, 1.82) is 0 Å². The van der Waals surface area contributed by atoms with Gasteiger partial charge in [0.15, 0.2) is 0 Å². The highest BCUT2D eigenvalue weighted by molar-refractivity contribution is 5.71. The predicted molar refractivity (Wildman–Crippen MR) is 182 cm³/mol. The van der Waals surface area contributed by atoms with Gasteiger partial charge in [-0.1, -0.05) is 117 Å². The number of allylic oxidation sites excluding steroid dienone is 2. The van der Waals surface area contributed by atoms with Gasteiger partial charge in [0.05, 0.1) is 26.2 Å². The van der Waals surface area contributed by atoms with E-state index in [4.69, 9.17) is 0 Å². The first-order chi connectivity index (χ1) is 21.2. The van der Waals surface area contributed by atoms with Crippen LogP contribution in [0.2, 0.25) is 0 Å². The summed E-state index contributed by atoms with van der Waals surface area (Å²) in [5, 5.41) is 29.5. The Balaban J connectivity index is 4.57. The van der Waals surface area contributed by atoms with E-state index in [2.05, 4.69) is 19.1 Å². The zero-order chi connectivity index (χ0) is 33.1. The molecular formula is C37H70NO6+. The number of carboxylic acids is 3. The Labute approximate surface area is 270 Å². The van der Waals surface area contributed by atoms with Gasteiger partial charge in [-0.05, 0) is 57.8 Å². The number of hydrogen-bond acceptors (Lipinski definition) is 3. The van der Waals surface area contributed by atoms with Gasteiger partial charge in [0.25, 0.3) is 0 Å². The maximum absolute atomic E-state index is 12.0. The second-order valence-electron chi connectivity index (χ2n) is 13.3. The van der Waals surface area contributed by atoms with Gasteiger partial charge in [-0.2, -0.15) is 0 Å². The third kappa shape index (κ3) is 21.0. The number of unbranched alkanes of at least 4 members (excludes halogenated alkanes) is 16. The Morgan fingerprint density at radius 3 is 1.07 bits per heavy atom. The van der Waals surface area contributed by atoms with E-state index in [0.29, 0.717) is 25.8 Å². The molecule has 0 spiro atoms. The summed E-state index contributed by atoms with van der Waals surface area (Å²) in [6, 6.07) is 0. The summed E-state index contributed by atoms with van der Waals surface area (Å²) >= 11 is 0. The first kappa shape index (κ1) is 42.1. The third-order valence-corrected chi connectivity index (χ3v) is 9.49. The summed E-state index contributed by atoms with van der Waals surface area (Å²) in [5.41, 5.74) is 0. The van der Waals surface area contributed by atoms with Crippen LogP contribution in [0.25, 0.3) is 0 Å². The Bertz CT molecular complexity index is 707. The molecule has 7 heteroatoms. The maximum Gasteiger partial charge on any atom is 0.312 e. The minimum absolute atomic E-state index is 0.259. The topological polar surface area (TPSA) is 112 Å². The smallest absolute Gasteiger partial charge is 0.312 e. The van der Waals surface area contributed by atoms with Crippen LogP contribution >= 0.6 is 0 Å². The highest BCUT2D eigenvalue weighted by Gasteiger charge is 2.40. The van der Waals surface area contributed by atoms with Gasteiger partial charge in [0.1, 0.15) is 17.8 Å². The number of hydrogen-bond donors (Lipinski definition) is 3. The fourth-order valence-electron chi connectivity index (χ4n) is 6.45. The lowest BCUT2D eigenvalue weighted by molar-refractivity contribution is -0.935. The summed E-state index contributed by atoms with van der Waals surface area (Å²) in [4.78, 5) is 36.0. The average molecular weight is 625 g/mol. The Kier molecular flexibility index (Phi) is 26.2. The van der Waals surface area contributed by atoms with Crippen LogP contribution in [0.4, 0.5) is 0 Å². The van der Waals surface area contributed by atoms with E-state index in [1.807, 2.05) is 20.8 Å². The molecular weight excluding hydrogens is 554 g/mol. The molecule has 3 unspecified atom stereocenters. The van der Waals surface area contributed by atoms with Crippen molar-refractivity contribution in [2.24, 2.45) is 17.8 Å². The number of nitrogens with zero attached hydrogens (tertiary/aromatic N) is 1. The standard InChI is InChI=1S/C37H69NO6/c1-5-9-10-11-12-13-14-15-16-17-18-19-20-21-22-23-24-25-26-27-28-38(29-32(6-2)35(39)40,30-33(7-3)36(41)42)31-34(8-4)37(43)44/h15-16,32-34H,5-14,17-31H2,1-4H3,(H2-,39,40,41,42,43,44)/p+1/b16-15+. The molecule has 0 aromatic rings. The molecule has 44 heavy (non-hydrogen) atoms. The van der Waals surface area contributed by atoms with Crippen molar-refractivity contribution in [3.05, 3.63) is 12.2 Å². The van der Waals surface area contributed by atoms with Crippen molar-refractivity contribution in [2.45, 2.75) is 163 Å². The highest BCUT2D eigenvalue weighted by atomic mass is 16.4. The number of carbonyl (C=O) groups is 3. The Hall–Kier alpha value is -1.89. The number of carboxylic acid groups (broad SMARTS) is 3. The zero-order valence-corrected chi connectivity index (χ0v) is 29.1. The molecule has 0 aromatic carbocycles. The highest BCUT2D eigenvalue weighted by Crippen LogP contribution is 2.25. The second kappa shape index (κ2) is 27.4. The lowest BCUT2D eigenvalue weighted by atomic mass is 9.95. The molecule has 0 aliphatic carbocycles. The lowest BCUT2D eigenvalue weighted by Gasteiger charge is -2.43. The molecule has 0 fully saturated rings. The minimum Gasteiger partial charge on any atom is -0.481 e. The van der Waals surface area contributed by atoms with E-state index in [-0.39, 0.29) is 24.1 Å². The van der Waals surface area contributed by atoms with Gasteiger partial charge in [0.2, 0.25) is 0 Å². The predicted octanol–water partition coefficient (Wildman–Crippen LogP) is 9.73. The second-order valence-corrected chi connectivity index (χ2v) is 13.3. The SMILES string of the molecule is CCCCCCCC/C=C/CCCCCCCCCCCC[N+](CC(CC)C(=O)O)(CC(CC)C(=O)O)CC(CC)C(=O)O. The molecule has 0 rings (SSSR count). The molecule has 0 bridgehead atoms. The van der Waals surface area contributed by atoms with Crippen molar-refractivity contribution < 1.29 is 34.2 Å². The summed E-state index contributed by atoms with van der Waals surface area (Å²) in [5.74, 6) is -4.51. The molecule has 0 heterocycles. The normalized spacial score (nSPS) is 15.2. The van der Waals surface area contributed by atoms with Crippen molar-refractivity contribution in [2.75, 3.05) is 26.2 Å². The van der Waals surface area contributed by atoms with Crippen LogP contribution in [0, 0.1) is 17.8 Å². The fraction of sp³-hybridized carbons (Fsp3) is 0.865. The largest absolute Gasteiger partial charge is 0.481 e. The summed E-state index contributed by atoms with van der Waals surface area (Å²) < 4.78 is 0.259. The third-order valence-electron chi connectivity index (χ3n) is 9.49. The van der Waals surface area contributed by atoms with Crippen LogP contribution in [0.15, 0.2) is 12.2 Å². The van der Waals surface area contributed by atoms with E-state index in [1.165, 1.54) is 96.3 Å². The summed E-state index contributed by atoms with van der Waals surface area (Å²) in [7, 11) is 0. The van der Waals surface area contributed by atoms with Gasteiger partial charge < -0.3 is 19.8 Å². The quantitative estimate of drug-likeness (QED) is 0.0390. The van der Waals surface area contributed by atoms with Crippen LogP contribution in [0.5, 0.6) is 0 Å². The number of aliphatic carboxylic acids is 3. The van der Waals surface area contributed by atoms with Gasteiger partial charge in [-0.3, -0.25) is 14.4 Å². The van der Waals surface area contributed by atoms with Crippen LogP contribution in [0.3, 0.4) is 0 Å². The van der Waals surface area contributed by atoms with Crippen molar-refractivity contribution in [3.8, 4) is 0 Å². The van der Waals surface area contributed by atoms with Gasteiger partial charge in [-0.15, -0.1) is 0 Å². The average Bonchev–Trinajstić information content (AvgIpc) is 2.99. The summed E-state index contributed by atoms with van der Waals surface area (Å²) in [6.45, 7) is 9.27. The molecule has 3 atom stereocenters.